The Balaban J connectivity index is 2.06. The van der Waals surface area contributed by atoms with Gasteiger partial charge in [0.1, 0.15) is 5.75 Å². The summed E-state index contributed by atoms with van der Waals surface area (Å²) in [6.07, 6.45) is 7.36. The van der Waals surface area contributed by atoms with Crippen LogP contribution in [0.25, 0.3) is 0 Å². The number of benzene rings is 1. The molecule has 0 radical (unpaired) electrons. The molecule has 0 aliphatic heterocycles. The molecule has 0 aromatic heterocycles. The molecule has 1 saturated carbocycles. The number of aliphatic hydroxyl groups is 1. The van der Waals surface area contributed by atoms with Crippen molar-refractivity contribution in [3.8, 4) is 5.75 Å². The normalized spacial score (nSPS) is 19.6. The number of hydrogen-bond acceptors (Lipinski definition) is 2. The third kappa shape index (κ3) is 3.47. The molecule has 0 amide bonds. The molecular formula is C15H22O2. The number of para-hydroxylation sites is 1. The van der Waals surface area contributed by atoms with E-state index in [-0.39, 0.29) is 0 Å². The topological polar surface area (TPSA) is 29.5 Å². The minimum atomic E-state index is -0.461. The number of rotatable bonds is 3. The van der Waals surface area contributed by atoms with Gasteiger partial charge in [-0.1, -0.05) is 31.0 Å². The largest absolute Gasteiger partial charge is 0.490 e. The van der Waals surface area contributed by atoms with Crippen LogP contribution in [0.5, 0.6) is 5.75 Å². The zero-order chi connectivity index (χ0) is 12.1. The summed E-state index contributed by atoms with van der Waals surface area (Å²) < 4.78 is 6.07. The van der Waals surface area contributed by atoms with E-state index in [1.54, 1.807) is 6.92 Å². The van der Waals surface area contributed by atoms with Crippen molar-refractivity contribution in [2.24, 2.45) is 0 Å². The first kappa shape index (κ1) is 12.4. The lowest BCUT2D eigenvalue weighted by atomic mass is 10.1. The van der Waals surface area contributed by atoms with Crippen LogP contribution in [0.15, 0.2) is 24.3 Å². The van der Waals surface area contributed by atoms with E-state index in [0.29, 0.717) is 6.10 Å². The van der Waals surface area contributed by atoms with E-state index in [9.17, 15) is 5.11 Å². The molecule has 2 nitrogen and oxygen atoms in total. The van der Waals surface area contributed by atoms with E-state index in [2.05, 4.69) is 0 Å². The maximum Gasteiger partial charge on any atom is 0.125 e. The van der Waals surface area contributed by atoms with E-state index < -0.39 is 6.10 Å². The second-order valence-electron chi connectivity index (χ2n) is 4.95. The standard InChI is InChI=1S/C15H22O2/c1-12(16)14-10-6-7-11-15(14)17-13-8-4-2-3-5-9-13/h6-7,10-13,16H,2-5,8-9H2,1H3. The van der Waals surface area contributed by atoms with Crippen molar-refractivity contribution < 1.29 is 9.84 Å². The van der Waals surface area contributed by atoms with E-state index >= 15 is 0 Å². The van der Waals surface area contributed by atoms with E-state index in [4.69, 9.17) is 4.74 Å². The third-order valence-electron chi connectivity index (χ3n) is 3.46. The first-order valence-electron chi connectivity index (χ1n) is 6.71. The SMILES string of the molecule is CC(O)c1ccccc1OC1CCCCCC1. The summed E-state index contributed by atoms with van der Waals surface area (Å²) in [6, 6.07) is 7.82. The summed E-state index contributed by atoms with van der Waals surface area (Å²) in [5.41, 5.74) is 0.900. The van der Waals surface area contributed by atoms with Crippen molar-refractivity contribution in [3.05, 3.63) is 29.8 Å². The molecule has 1 aliphatic rings. The smallest absolute Gasteiger partial charge is 0.125 e. The zero-order valence-corrected chi connectivity index (χ0v) is 10.6. The van der Waals surface area contributed by atoms with Gasteiger partial charge in [-0.15, -0.1) is 0 Å². The fourth-order valence-corrected chi connectivity index (χ4v) is 2.47. The zero-order valence-electron chi connectivity index (χ0n) is 10.6. The maximum absolute atomic E-state index is 9.71. The molecule has 0 saturated heterocycles. The van der Waals surface area contributed by atoms with Gasteiger partial charge in [0.2, 0.25) is 0 Å². The molecule has 1 atom stereocenters. The first-order valence-corrected chi connectivity index (χ1v) is 6.71. The summed E-state index contributed by atoms with van der Waals surface area (Å²) in [6.45, 7) is 1.79. The first-order chi connectivity index (χ1) is 8.27. The molecule has 2 heteroatoms. The van der Waals surface area contributed by atoms with Crippen LogP contribution in [0, 0.1) is 0 Å². The lowest BCUT2D eigenvalue weighted by Crippen LogP contribution is -2.16. The Morgan fingerprint density at radius 2 is 1.76 bits per heavy atom. The Morgan fingerprint density at radius 1 is 1.12 bits per heavy atom. The molecule has 2 rings (SSSR count). The van der Waals surface area contributed by atoms with Gasteiger partial charge in [0.05, 0.1) is 12.2 Å². The number of hydrogen-bond donors (Lipinski definition) is 1. The number of aliphatic hydroxyl groups excluding tert-OH is 1. The number of ether oxygens (including phenoxy) is 1. The van der Waals surface area contributed by atoms with Gasteiger partial charge >= 0.3 is 0 Å². The van der Waals surface area contributed by atoms with Crippen LogP contribution in [0.4, 0.5) is 0 Å². The van der Waals surface area contributed by atoms with Crippen LogP contribution in [0.2, 0.25) is 0 Å². The van der Waals surface area contributed by atoms with Crippen LogP contribution in [-0.2, 0) is 0 Å². The lowest BCUT2D eigenvalue weighted by molar-refractivity contribution is 0.161. The molecule has 94 valence electrons. The Bertz CT molecular complexity index is 339. The van der Waals surface area contributed by atoms with E-state index in [0.717, 1.165) is 24.2 Å². The van der Waals surface area contributed by atoms with Crippen LogP contribution in [-0.4, -0.2) is 11.2 Å². The lowest BCUT2D eigenvalue weighted by Gasteiger charge is -2.20. The minimum absolute atomic E-state index is 0.331. The second kappa shape index (κ2) is 6.06. The van der Waals surface area contributed by atoms with Gasteiger partial charge in [-0.05, 0) is 38.7 Å². The molecule has 1 aromatic rings. The molecule has 1 aliphatic carbocycles. The molecule has 1 unspecified atom stereocenters. The fraction of sp³-hybridized carbons (Fsp3) is 0.600. The highest BCUT2D eigenvalue weighted by molar-refractivity contribution is 5.34. The molecule has 1 fully saturated rings. The highest BCUT2D eigenvalue weighted by Gasteiger charge is 2.16. The van der Waals surface area contributed by atoms with Crippen molar-refractivity contribution in [2.75, 3.05) is 0 Å². The monoisotopic (exact) mass is 234 g/mol. The molecule has 17 heavy (non-hydrogen) atoms. The van der Waals surface area contributed by atoms with Crippen molar-refractivity contribution in [1.82, 2.24) is 0 Å². The van der Waals surface area contributed by atoms with Gasteiger partial charge in [0.25, 0.3) is 0 Å². The van der Waals surface area contributed by atoms with Gasteiger partial charge in [0, 0.05) is 5.56 Å². The Morgan fingerprint density at radius 3 is 2.41 bits per heavy atom. The summed E-state index contributed by atoms with van der Waals surface area (Å²) in [4.78, 5) is 0. The van der Waals surface area contributed by atoms with Crippen LogP contribution in [0.1, 0.15) is 57.1 Å². The van der Waals surface area contributed by atoms with Crippen molar-refractivity contribution in [1.29, 1.82) is 0 Å². The van der Waals surface area contributed by atoms with E-state index in [1.165, 1.54) is 25.7 Å². The predicted molar refractivity (Wildman–Crippen MR) is 69.2 cm³/mol. The van der Waals surface area contributed by atoms with Gasteiger partial charge in [-0.2, -0.15) is 0 Å². The summed E-state index contributed by atoms with van der Waals surface area (Å²) in [7, 11) is 0. The van der Waals surface area contributed by atoms with Crippen molar-refractivity contribution in [3.63, 3.8) is 0 Å². The fourth-order valence-electron chi connectivity index (χ4n) is 2.47. The summed E-state index contributed by atoms with van der Waals surface area (Å²) in [5, 5.41) is 9.71. The third-order valence-corrected chi connectivity index (χ3v) is 3.46. The van der Waals surface area contributed by atoms with Crippen LogP contribution in [0.3, 0.4) is 0 Å². The molecular weight excluding hydrogens is 212 g/mol. The minimum Gasteiger partial charge on any atom is -0.490 e. The molecule has 0 spiro atoms. The van der Waals surface area contributed by atoms with Crippen molar-refractivity contribution in [2.45, 2.75) is 57.7 Å². The second-order valence-corrected chi connectivity index (χ2v) is 4.95. The molecule has 1 aromatic carbocycles. The highest BCUT2D eigenvalue weighted by Crippen LogP contribution is 2.28. The van der Waals surface area contributed by atoms with Crippen molar-refractivity contribution >= 4 is 0 Å². The van der Waals surface area contributed by atoms with Gasteiger partial charge in [-0.25, -0.2) is 0 Å². The Hall–Kier alpha value is -1.02. The van der Waals surface area contributed by atoms with Gasteiger partial charge in [-0.3, -0.25) is 0 Å². The maximum atomic E-state index is 9.71. The van der Waals surface area contributed by atoms with Crippen LogP contribution >= 0.6 is 0 Å². The average Bonchev–Trinajstić information content (AvgIpc) is 2.58. The molecule has 1 N–H and O–H groups in total. The highest BCUT2D eigenvalue weighted by atomic mass is 16.5. The molecule has 0 bridgehead atoms. The average molecular weight is 234 g/mol. The van der Waals surface area contributed by atoms with Crippen LogP contribution < -0.4 is 4.74 Å². The Labute approximate surface area is 104 Å². The van der Waals surface area contributed by atoms with Gasteiger partial charge in [0.15, 0.2) is 0 Å². The predicted octanol–water partition coefficient (Wildman–Crippen LogP) is 3.84. The molecule has 0 heterocycles. The Kier molecular flexibility index (Phi) is 4.43. The quantitative estimate of drug-likeness (QED) is 0.805. The summed E-state index contributed by atoms with van der Waals surface area (Å²) >= 11 is 0. The van der Waals surface area contributed by atoms with E-state index in [1.807, 2.05) is 24.3 Å². The summed E-state index contributed by atoms with van der Waals surface area (Å²) in [5.74, 6) is 0.856. The van der Waals surface area contributed by atoms with Gasteiger partial charge < -0.3 is 9.84 Å².